The van der Waals surface area contributed by atoms with E-state index >= 15 is 0 Å². The SMILES string of the molecule is COc1cc2nn(-c3ccc(Br)c(C)c3C)nc2cc1N. The van der Waals surface area contributed by atoms with Crippen molar-refractivity contribution in [3.8, 4) is 11.4 Å². The summed E-state index contributed by atoms with van der Waals surface area (Å²) in [6.07, 6.45) is 0. The summed E-state index contributed by atoms with van der Waals surface area (Å²) in [6, 6.07) is 7.57. The molecule has 1 heterocycles. The van der Waals surface area contributed by atoms with Crippen molar-refractivity contribution in [2.45, 2.75) is 13.8 Å². The quantitative estimate of drug-likeness (QED) is 0.722. The standard InChI is InChI=1S/C15H15BrN4O/c1-8-9(2)14(5-4-10(8)16)20-18-12-6-11(17)15(21-3)7-13(12)19-20/h4-7H,17H2,1-3H3. The maximum atomic E-state index is 5.91. The average Bonchev–Trinajstić information content (AvgIpc) is 2.86. The molecule has 0 amide bonds. The van der Waals surface area contributed by atoms with Gasteiger partial charge in [0.2, 0.25) is 0 Å². The second-order valence-electron chi connectivity index (χ2n) is 4.89. The van der Waals surface area contributed by atoms with Crippen LogP contribution >= 0.6 is 15.9 Å². The summed E-state index contributed by atoms with van der Waals surface area (Å²) in [6.45, 7) is 4.12. The Labute approximate surface area is 130 Å². The third kappa shape index (κ3) is 2.25. The zero-order valence-corrected chi connectivity index (χ0v) is 13.6. The summed E-state index contributed by atoms with van der Waals surface area (Å²) in [5, 5.41) is 9.02. The van der Waals surface area contributed by atoms with Crippen LogP contribution in [-0.4, -0.2) is 22.1 Å². The molecule has 0 unspecified atom stereocenters. The number of halogens is 1. The summed E-state index contributed by atoms with van der Waals surface area (Å²) in [5.74, 6) is 0.609. The van der Waals surface area contributed by atoms with Gasteiger partial charge in [-0.05, 0) is 43.2 Å². The van der Waals surface area contributed by atoms with Gasteiger partial charge in [0.25, 0.3) is 0 Å². The number of benzene rings is 2. The summed E-state index contributed by atoms with van der Waals surface area (Å²) in [4.78, 5) is 1.64. The van der Waals surface area contributed by atoms with Crippen molar-refractivity contribution < 1.29 is 4.74 Å². The van der Waals surface area contributed by atoms with Crippen LogP contribution in [0.2, 0.25) is 0 Å². The number of hydrogen-bond acceptors (Lipinski definition) is 4. The molecule has 21 heavy (non-hydrogen) atoms. The number of rotatable bonds is 2. The molecular formula is C15H15BrN4O. The summed E-state index contributed by atoms with van der Waals surface area (Å²) in [5.41, 5.74) is 11.2. The van der Waals surface area contributed by atoms with Crippen LogP contribution in [0.1, 0.15) is 11.1 Å². The molecule has 108 valence electrons. The number of nitrogens with zero attached hydrogens (tertiary/aromatic N) is 3. The summed E-state index contributed by atoms with van der Waals surface area (Å²) in [7, 11) is 1.59. The predicted octanol–water partition coefficient (Wildman–Crippen LogP) is 3.39. The van der Waals surface area contributed by atoms with Crippen LogP contribution in [0.15, 0.2) is 28.7 Å². The Hall–Kier alpha value is -2.08. The first-order chi connectivity index (χ1) is 10.0. The Balaban J connectivity index is 2.20. The van der Waals surface area contributed by atoms with Crippen molar-refractivity contribution in [2.24, 2.45) is 0 Å². The highest BCUT2D eigenvalue weighted by molar-refractivity contribution is 9.10. The van der Waals surface area contributed by atoms with Crippen molar-refractivity contribution >= 4 is 32.7 Å². The smallest absolute Gasteiger partial charge is 0.144 e. The van der Waals surface area contributed by atoms with E-state index < -0.39 is 0 Å². The Morgan fingerprint density at radius 3 is 2.43 bits per heavy atom. The lowest BCUT2D eigenvalue weighted by Crippen LogP contribution is -2.02. The molecule has 2 N–H and O–H groups in total. The molecule has 0 atom stereocenters. The van der Waals surface area contributed by atoms with Crippen LogP contribution in [0.3, 0.4) is 0 Å². The van der Waals surface area contributed by atoms with Gasteiger partial charge in [-0.1, -0.05) is 15.9 Å². The molecule has 3 rings (SSSR count). The number of nitrogen functional groups attached to an aromatic ring is 1. The zero-order chi connectivity index (χ0) is 15.1. The van der Waals surface area contributed by atoms with E-state index in [0.717, 1.165) is 26.8 Å². The molecule has 6 heteroatoms. The lowest BCUT2D eigenvalue weighted by Gasteiger charge is -2.08. The van der Waals surface area contributed by atoms with Crippen LogP contribution in [-0.2, 0) is 0 Å². The van der Waals surface area contributed by atoms with Crippen molar-refractivity contribution in [1.29, 1.82) is 0 Å². The zero-order valence-electron chi connectivity index (χ0n) is 12.0. The number of hydrogen-bond donors (Lipinski definition) is 1. The van der Waals surface area contributed by atoms with Gasteiger partial charge in [0.15, 0.2) is 0 Å². The third-order valence-corrected chi connectivity index (χ3v) is 4.50. The fraction of sp³-hybridized carbons (Fsp3) is 0.200. The molecule has 0 fully saturated rings. The molecule has 0 saturated carbocycles. The highest BCUT2D eigenvalue weighted by Crippen LogP contribution is 2.28. The first-order valence-electron chi connectivity index (χ1n) is 6.48. The van der Waals surface area contributed by atoms with Crippen LogP contribution in [0.4, 0.5) is 5.69 Å². The highest BCUT2D eigenvalue weighted by atomic mass is 79.9. The number of anilines is 1. The first kappa shape index (κ1) is 13.9. The van der Waals surface area contributed by atoms with Gasteiger partial charge in [-0.2, -0.15) is 4.80 Å². The minimum Gasteiger partial charge on any atom is -0.495 e. The number of methoxy groups -OCH3 is 1. The summed E-state index contributed by atoms with van der Waals surface area (Å²) >= 11 is 3.53. The van der Waals surface area contributed by atoms with Gasteiger partial charge >= 0.3 is 0 Å². The molecule has 0 radical (unpaired) electrons. The topological polar surface area (TPSA) is 66.0 Å². The number of nitrogens with two attached hydrogens (primary N) is 1. The Morgan fingerprint density at radius 1 is 1.10 bits per heavy atom. The van der Waals surface area contributed by atoms with E-state index in [9.17, 15) is 0 Å². The molecular weight excluding hydrogens is 332 g/mol. The van der Waals surface area contributed by atoms with Crippen LogP contribution < -0.4 is 10.5 Å². The molecule has 0 aliphatic heterocycles. The Morgan fingerprint density at radius 2 is 1.76 bits per heavy atom. The number of ether oxygens (including phenoxy) is 1. The molecule has 0 spiro atoms. The maximum Gasteiger partial charge on any atom is 0.144 e. The fourth-order valence-electron chi connectivity index (χ4n) is 2.23. The van der Waals surface area contributed by atoms with Gasteiger partial charge in [-0.25, -0.2) is 0 Å². The van der Waals surface area contributed by atoms with E-state index in [2.05, 4.69) is 40.0 Å². The Bertz CT molecular complexity index is 841. The van der Waals surface area contributed by atoms with Crippen molar-refractivity contribution in [3.05, 3.63) is 39.9 Å². The minimum absolute atomic E-state index is 0.556. The molecule has 0 aliphatic rings. The van der Waals surface area contributed by atoms with E-state index in [1.54, 1.807) is 24.0 Å². The van der Waals surface area contributed by atoms with E-state index in [1.807, 2.05) is 12.1 Å². The minimum atomic E-state index is 0.556. The lowest BCUT2D eigenvalue weighted by molar-refractivity contribution is 0.417. The lowest BCUT2D eigenvalue weighted by atomic mass is 10.1. The van der Waals surface area contributed by atoms with Crippen molar-refractivity contribution in [1.82, 2.24) is 15.0 Å². The van der Waals surface area contributed by atoms with Crippen molar-refractivity contribution in [2.75, 3.05) is 12.8 Å². The number of aromatic nitrogens is 3. The van der Waals surface area contributed by atoms with E-state index in [4.69, 9.17) is 10.5 Å². The van der Waals surface area contributed by atoms with E-state index in [0.29, 0.717) is 11.4 Å². The average molecular weight is 347 g/mol. The molecule has 3 aromatic rings. The second kappa shape index (κ2) is 5.04. The summed E-state index contributed by atoms with van der Waals surface area (Å²) < 4.78 is 6.29. The van der Waals surface area contributed by atoms with Crippen LogP contribution in [0, 0.1) is 13.8 Å². The van der Waals surface area contributed by atoms with Gasteiger partial charge < -0.3 is 10.5 Å². The monoisotopic (exact) mass is 346 g/mol. The van der Waals surface area contributed by atoms with Crippen molar-refractivity contribution in [3.63, 3.8) is 0 Å². The van der Waals surface area contributed by atoms with Gasteiger partial charge in [-0.15, -0.1) is 10.2 Å². The molecule has 2 aromatic carbocycles. The van der Waals surface area contributed by atoms with Gasteiger partial charge in [0.05, 0.1) is 18.5 Å². The van der Waals surface area contributed by atoms with Crippen LogP contribution in [0.5, 0.6) is 5.75 Å². The number of fused-ring (bicyclic) bond motifs is 1. The second-order valence-corrected chi connectivity index (χ2v) is 5.74. The normalized spacial score (nSPS) is 11.0. The fourth-order valence-corrected chi connectivity index (χ4v) is 2.66. The van der Waals surface area contributed by atoms with Gasteiger partial charge in [0, 0.05) is 10.5 Å². The Kier molecular flexibility index (Phi) is 3.33. The van der Waals surface area contributed by atoms with E-state index in [-0.39, 0.29) is 0 Å². The first-order valence-corrected chi connectivity index (χ1v) is 7.27. The van der Waals surface area contributed by atoms with Gasteiger partial charge in [-0.3, -0.25) is 0 Å². The molecule has 0 bridgehead atoms. The van der Waals surface area contributed by atoms with E-state index in [1.165, 1.54) is 5.56 Å². The van der Waals surface area contributed by atoms with Gasteiger partial charge in [0.1, 0.15) is 16.8 Å². The maximum absolute atomic E-state index is 5.91. The highest BCUT2D eigenvalue weighted by Gasteiger charge is 2.12. The van der Waals surface area contributed by atoms with Crippen LogP contribution in [0.25, 0.3) is 16.7 Å². The largest absolute Gasteiger partial charge is 0.495 e. The predicted molar refractivity (Wildman–Crippen MR) is 87.0 cm³/mol. The molecule has 0 aliphatic carbocycles. The third-order valence-electron chi connectivity index (χ3n) is 3.64. The molecule has 5 nitrogen and oxygen atoms in total. The molecule has 1 aromatic heterocycles. The molecule has 0 saturated heterocycles.